The lowest BCUT2D eigenvalue weighted by atomic mass is 10.3. The number of rotatable bonds is 4. The molecule has 5 heteroatoms. The number of hydrogen-bond donors (Lipinski definition) is 2. The van der Waals surface area contributed by atoms with Gasteiger partial charge in [0.15, 0.2) is 5.76 Å². The highest BCUT2D eigenvalue weighted by molar-refractivity contribution is 5.99. The minimum atomic E-state index is -1.21. The van der Waals surface area contributed by atoms with Gasteiger partial charge in [-0.3, -0.25) is 4.79 Å². The van der Waals surface area contributed by atoms with Gasteiger partial charge in [0, 0.05) is 0 Å². The molecule has 0 unspecified atom stereocenters. The summed E-state index contributed by atoms with van der Waals surface area (Å²) in [5.41, 5.74) is -0.209. The van der Waals surface area contributed by atoms with Gasteiger partial charge in [-0.2, -0.15) is 0 Å². The summed E-state index contributed by atoms with van der Waals surface area (Å²) in [6.45, 7) is 1.74. The molecule has 0 aliphatic carbocycles. The molecule has 1 aromatic rings. The summed E-state index contributed by atoms with van der Waals surface area (Å²) in [5.74, 6) is -1.74. The normalized spacial score (nSPS) is 11.7. The first-order valence-electron chi connectivity index (χ1n) is 4.56. The lowest BCUT2D eigenvalue weighted by Gasteiger charge is -2.02. The Labute approximate surface area is 92.1 Å². The van der Waals surface area contributed by atoms with Crippen LogP contribution < -0.4 is 5.32 Å². The first-order chi connectivity index (χ1) is 7.65. The van der Waals surface area contributed by atoms with Crippen molar-refractivity contribution < 1.29 is 19.1 Å². The third kappa shape index (κ3) is 3.13. The van der Waals surface area contributed by atoms with Gasteiger partial charge in [-0.15, -0.1) is 0 Å². The summed E-state index contributed by atoms with van der Waals surface area (Å²) >= 11 is 0. The molecule has 0 saturated heterocycles. The Kier molecular flexibility index (Phi) is 4.08. The Morgan fingerprint density at radius 3 is 2.75 bits per heavy atom. The van der Waals surface area contributed by atoms with Crippen LogP contribution in [-0.4, -0.2) is 17.0 Å². The third-order valence-corrected chi connectivity index (χ3v) is 1.68. The van der Waals surface area contributed by atoms with Gasteiger partial charge in [-0.1, -0.05) is 12.2 Å². The summed E-state index contributed by atoms with van der Waals surface area (Å²) in [4.78, 5) is 22.2. The number of allylic oxidation sites excluding steroid dienone is 3. The molecule has 0 fully saturated rings. The first kappa shape index (κ1) is 11.8. The number of furan rings is 1. The Hall–Kier alpha value is -2.30. The second-order valence-corrected chi connectivity index (χ2v) is 2.84. The zero-order chi connectivity index (χ0) is 12.0. The molecule has 0 aliphatic heterocycles. The summed E-state index contributed by atoms with van der Waals surface area (Å²) in [5, 5.41) is 11.0. The topological polar surface area (TPSA) is 79.5 Å². The molecular weight excluding hydrogens is 210 g/mol. The van der Waals surface area contributed by atoms with E-state index >= 15 is 0 Å². The summed E-state index contributed by atoms with van der Waals surface area (Å²) < 4.78 is 4.83. The quantitative estimate of drug-likeness (QED) is 0.597. The van der Waals surface area contributed by atoms with Gasteiger partial charge in [0.25, 0.3) is 5.91 Å². The van der Waals surface area contributed by atoms with Crippen molar-refractivity contribution >= 4 is 11.9 Å². The van der Waals surface area contributed by atoms with E-state index in [4.69, 9.17) is 9.52 Å². The highest BCUT2D eigenvalue weighted by Crippen LogP contribution is 2.01. The van der Waals surface area contributed by atoms with Crippen molar-refractivity contribution in [1.29, 1.82) is 0 Å². The predicted octanol–water partition coefficient (Wildman–Crippen LogP) is 1.55. The molecule has 0 bridgehead atoms. The number of carboxylic acid groups (broad SMARTS) is 1. The van der Waals surface area contributed by atoms with Crippen LogP contribution in [0.3, 0.4) is 0 Å². The molecule has 1 amide bonds. The van der Waals surface area contributed by atoms with E-state index in [-0.39, 0.29) is 11.5 Å². The van der Waals surface area contributed by atoms with Crippen LogP contribution in [0.2, 0.25) is 0 Å². The molecule has 0 radical (unpaired) electrons. The Morgan fingerprint density at radius 1 is 1.50 bits per heavy atom. The lowest BCUT2D eigenvalue weighted by molar-refractivity contribution is -0.133. The minimum Gasteiger partial charge on any atom is -0.477 e. The van der Waals surface area contributed by atoms with Crippen molar-refractivity contribution in [2.75, 3.05) is 0 Å². The fourth-order valence-corrected chi connectivity index (χ4v) is 0.951. The van der Waals surface area contributed by atoms with E-state index < -0.39 is 11.9 Å². The molecule has 84 valence electrons. The van der Waals surface area contributed by atoms with Gasteiger partial charge in [-0.05, 0) is 25.1 Å². The largest absolute Gasteiger partial charge is 0.477 e. The van der Waals surface area contributed by atoms with E-state index in [1.807, 2.05) is 0 Å². The molecule has 1 rings (SSSR count). The maximum Gasteiger partial charge on any atom is 0.352 e. The molecule has 16 heavy (non-hydrogen) atoms. The van der Waals surface area contributed by atoms with E-state index in [9.17, 15) is 9.59 Å². The number of carbonyl (C=O) groups is 2. The van der Waals surface area contributed by atoms with Crippen molar-refractivity contribution in [3.8, 4) is 0 Å². The molecule has 0 spiro atoms. The second-order valence-electron chi connectivity index (χ2n) is 2.84. The number of carboxylic acids is 1. The van der Waals surface area contributed by atoms with Crippen LogP contribution in [0.4, 0.5) is 0 Å². The predicted molar refractivity (Wildman–Crippen MR) is 56.7 cm³/mol. The third-order valence-electron chi connectivity index (χ3n) is 1.68. The van der Waals surface area contributed by atoms with Crippen LogP contribution >= 0.6 is 0 Å². The molecule has 0 saturated carbocycles. The maximum absolute atomic E-state index is 11.5. The minimum absolute atomic E-state index is 0.0626. The van der Waals surface area contributed by atoms with Gasteiger partial charge in [0.2, 0.25) is 0 Å². The smallest absolute Gasteiger partial charge is 0.352 e. The van der Waals surface area contributed by atoms with Crippen LogP contribution in [-0.2, 0) is 4.79 Å². The maximum atomic E-state index is 11.5. The van der Waals surface area contributed by atoms with Crippen LogP contribution in [0.1, 0.15) is 17.5 Å². The SMILES string of the molecule is C/C=C/C=C(\NC(=O)c1ccco1)C(=O)O. The molecular formula is C11H11NO4. The molecule has 5 nitrogen and oxygen atoms in total. The van der Waals surface area contributed by atoms with Crippen LogP contribution in [0.15, 0.2) is 46.7 Å². The zero-order valence-corrected chi connectivity index (χ0v) is 8.64. The fraction of sp³-hybridized carbons (Fsp3) is 0.0909. The average molecular weight is 221 g/mol. The number of amides is 1. The molecule has 1 aromatic heterocycles. The molecule has 0 atom stereocenters. The molecule has 2 N–H and O–H groups in total. The Bertz CT molecular complexity index is 429. The van der Waals surface area contributed by atoms with Crippen molar-refractivity contribution in [3.63, 3.8) is 0 Å². The van der Waals surface area contributed by atoms with Crippen molar-refractivity contribution in [1.82, 2.24) is 5.32 Å². The summed E-state index contributed by atoms with van der Waals surface area (Å²) in [6, 6.07) is 3.00. The number of aliphatic carboxylic acids is 1. The van der Waals surface area contributed by atoms with Gasteiger partial charge < -0.3 is 14.8 Å². The van der Waals surface area contributed by atoms with E-state index in [1.54, 1.807) is 19.1 Å². The van der Waals surface area contributed by atoms with Crippen molar-refractivity contribution in [2.45, 2.75) is 6.92 Å². The molecule has 1 heterocycles. The molecule has 0 aromatic carbocycles. The first-order valence-corrected chi connectivity index (χ1v) is 4.56. The highest BCUT2D eigenvalue weighted by Gasteiger charge is 2.13. The zero-order valence-electron chi connectivity index (χ0n) is 8.64. The Morgan fingerprint density at radius 2 is 2.25 bits per heavy atom. The highest BCUT2D eigenvalue weighted by atomic mass is 16.4. The van der Waals surface area contributed by atoms with Crippen molar-refractivity contribution in [3.05, 3.63) is 48.1 Å². The second kappa shape index (κ2) is 5.55. The van der Waals surface area contributed by atoms with E-state index in [1.165, 1.54) is 24.5 Å². The number of nitrogens with one attached hydrogen (secondary N) is 1. The summed E-state index contributed by atoms with van der Waals surface area (Å²) in [7, 11) is 0. The number of hydrogen-bond acceptors (Lipinski definition) is 3. The van der Waals surface area contributed by atoms with Crippen molar-refractivity contribution in [2.24, 2.45) is 0 Å². The van der Waals surface area contributed by atoms with Crippen LogP contribution in [0.25, 0.3) is 0 Å². The summed E-state index contributed by atoms with van der Waals surface area (Å²) in [6.07, 6.45) is 5.81. The van der Waals surface area contributed by atoms with Crippen LogP contribution in [0, 0.1) is 0 Å². The van der Waals surface area contributed by atoms with E-state index in [0.717, 1.165) is 0 Å². The number of carbonyl (C=O) groups excluding carboxylic acids is 1. The van der Waals surface area contributed by atoms with Gasteiger partial charge >= 0.3 is 5.97 Å². The molecule has 0 aliphatic rings. The Balaban J connectivity index is 2.77. The monoisotopic (exact) mass is 221 g/mol. The van der Waals surface area contributed by atoms with Gasteiger partial charge in [0.1, 0.15) is 5.70 Å². The fourth-order valence-electron chi connectivity index (χ4n) is 0.951. The average Bonchev–Trinajstić information content (AvgIpc) is 2.76. The standard InChI is InChI=1S/C11H11NO4/c1-2-3-5-8(11(14)15)12-10(13)9-6-4-7-16-9/h2-7H,1H3,(H,12,13)(H,14,15)/b3-2+,8-5-. The van der Waals surface area contributed by atoms with Gasteiger partial charge in [-0.25, -0.2) is 4.79 Å². The lowest BCUT2D eigenvalue weighted by Crippen LogP contribution is -2.26. The van der Waals surface area contributed by atoms with Crippen LogP contribution in [0.5, 0.6) is 0 Å². The van der Waals surface area contributed by atoms with Gasteiger partial charge in [0.05, 0.1) is 6.26 Å². The van der Waals surface area contributed by atoms with E-state index in [2.05, 4.69) is 5.32 Å². The van der Waals surface area contributed by atoms with E-state index in [0.29, 0.717) is 0 Å².